The molecule has 0 aliphatic carbocycles. The van der Waals surface area contributed by atoms with Gasteiger partial charge in [0.25, 0.3) is 0 Å². The number of hydrogen-bond donors (Lipinski definition) is 2. The number of carbonyl (C=O) groups is 1. The summed E-state index contributed by atoms with van der Waals surface area (Å²) in [7, 11) is -4.96. The Hall–Kier alpha value is -0.540. The SMILES string of the molecule is CCCCCCCCCCCC(=O)C(O)C(OCC)(OCC)S(=O)(=O)O. The summed E-state index contributed by atoms with van der Waals surface area (Å²) < 4.78 is 42.8. The van der Waals surface area contributed by atoms with Crippen LogP contribution in [-0.4, -0.2) is 48.3 Å². The van der Waals surface area contributed by atoms with Crippen LogP contribution in [0, 0.1) is 0 Å². The third kappa shape index (κ3) is 8.43. The van der Waals surface area contributed by atoms with Crippen molar-refractivity contribution in [2.75, 3.05) is 13.2 Å². The lowest BCUT2D eigenvalue weighted by atomic mass is 10.0. The summed E-state index contributed by atoms with van der Waals surface area (Å²) in [6.45, 7) is 4.84. The van der Waals surface area contributed by atoms with Crippen molar-refractivity contribution in [3.8, 4) is 0 Å². The van der Waals surface area contributed by atoms with E-state index in [0.29, 0.717) is 6.42 Å². The van der Waals surface area contributed by atoms with Crippen molar-refractivity contribution in [3.63, 3.8) is 0 Å². The number of rotatable bonds is 17. The van der Waals surface area contributed by atoms with Crippen molar-refractivity contribution in [1.82, 2.24) is 0 Å². The lowest BCUT2D eigenvalue weighted by Gasteiger charge is -2.32. The second-order valence-electron chi connectivity index (χ2n) is 6.39. The lowest BCUT2D eigenvalue weighted by Crippen LogP contribution is -2.56. The minimum atomic E-state index is -4.96. The van der Waals surface area contributed by atoms with E-state index in [0.717, 1.165) is 19.3 Å². The first-order valence-electron chi connectivity index (χ1n) is 9.72. The smallest absolute Gasteiger partial charge is 0.334 e. The second kappa shape index (κ2) is 13.6. The van der Waals surface area contributed by atoms with Gasteiger partial charge in [-0.25, -0.2) is 0 Å². The second-order valence-corrected chi connectivity index (χ2v) is 7.91. The van der Waals surface area contributed by atoms with Gasteiger partial charge < -0.3 is 14.6 Å². The molecule has 0 amide bonds. The molecule has 0 bridgehead atoms. The van der Waals surface area contributed by atoms with Crippen LogP contribution < -0.4 is 0 Å². The standard InChI is InChI=1S/C18H36O7S/c1-4-7-8-9-10-11-12-13-14-15-16(19)17(20)18(24-5-2,25-6-3)26(21,22)23/h17,20H,4-15H2,1-3H3,(H,21,22,23). The van der Waals surface area contributed by atoms with E-state index < -0.39 is 27.1 Å². The predicted molar refractivity (Wildman–Crippen MR) is 100 cm³/mol. The molecule has 1 atom stereocenters. The van der Waals surface area contributed by atoms with Gasteiger partial charge in [0.1, 0.15) is 0 Å². The van der Waals surface area contributed by atoms with Gasteiger partial charge in [0.05, 0.1) is 0 Å². The maximum atomic E-state index is 12.2. The van der Waals surface area contributed by atoms with Crippen LogP contribution in [0.15, 0.2) is 0 Å². The number of aliphatic hydroxyl groups is 1. The van der Waals surface area contributed by atoms with Crippen molar-refractivity contribution >= 4 is 15.9 Å². The fraction of sp³-hybridized carbons (Fsp3) is 0.944. The molecule has 0 radical (unpaired) electrons. The van der Waals surface area contributed by atoms with Crippen molar-refractivity contribution in [2.45, 2.75) is 96.2 Å². The van der Waals surface area contributed by atoms with Gasteiger partial charge in [-0.2, -0.15) is 8.42 Å². The maximum absolute atomic E-state index is 12.2. The fourth-order valence-corrected chi connectivity index (χ4v) is 3.78. The number of hydrogen-bond acceptors (Lipinski definition) is 6. The molecule has 0 aromatic rings. The van der Waals surface area contributed by atoms with Crippen molar-refractivity contribution < 1.29 is 32.3 Å². The van der Waals surface area contributed by atoms with E-state index in [2.05, 4.69) is 6.92 Å². The highest BCUT2D eigenvalue weighted by atomic mass is 32.2. The summed E-state index contributed by atoms with van der Waals surface area (Å²) in [5.74, 6) is -0.715. The molecular formula is C18H36O7S. The number of ketones is 1. The van der Waals surface area contributed by atoms with Gasteiger partial charge in [-0.1, -0.05) is 58.3 Å². The molecule has 26 heavy (non-hydrogen) atoms. The van der Waals surface area contributed by atoms with Gasteiger partial charge >= 0.3 is 15.2 Å². The quantitative estimate of drug-likeness (QED) is 0.220. The molecule has 0 saturated heterocycles. The van der Waals surface area contributed by atoms with Crippen LogP contribution in [0.4, 0.5) is 0 Å². The van der Waals surface area contributed by atoms with E-state index in [4.69, 9.17) is 9.47 Å². The van der Waals surface area contributed by atoms with E-state index in [-0.39, 0.29) is 19.6 Å². The molecule has 0 aliphatic rings. The topological polar surface area (TPSA) is 110 Å². The summed E-state index contributed by atoms with van der Waals surface area (Å²) in [5, 5.41) is 7.45. The molecule has 8 heteroatoms. The van der Waals surface area contributed by atoms with Gasteiger partial charge in [0, 0.05) is 19.6 Å². The van der Waals surface area contributed by atoms with Gasteiger partial charge in [-0.05, 0) is 20.3 Å². The largest absolute Gasteiger partial charge is 0.379 e. The van der Waals surface area contributed by atoms with Crippen LogP contribution >= 0.6 is 0 Å². The van der Waals surface area contributed by atoms with Crippen LogP contribution in [0.25, 0.3) is 0 Å². The molecule has 0 aliphatic heterocycles. The third-order valence-electron chi connectivity index (χ3n) is 4.22. The van der Waals surface area contributed by atoms with E-state index in [1.165, 1.54) is 46.0 Å². The third-order valence-corrected chi connectivity index (χ3v) is 5.40. The Morgan fingerprint density at radius 2 is 1.31 bits per heavy atom. The molecule has 0 aromatic heterocycles. The Morgan fingerprint density at radius 3 is 1.69 bits per heavy atom. The number of carbonyl (C=O) groups excluding carboxylic acids is 1. The monoisotopic (exact) mass is 396 g/mol. The van der Waals surface area contributed by atoms with Gasteiger partial charge in [0.2, 0.25) is 0 Å². The molecule has 1 unspecified atom stereocenters. The van der Waals surface area contributed by atoms with Gasteiger partial charge in [-0.3, -0.25) is 9.35 Å². The molecule has 2 N–H and O–H groups in total. The van der Waals surface area contributed by atoms with E-state index in [9.17, 15) is 22.9 Å². The summed E-state index contributed by atoms with van der Waals surface area (Å²) in [4.78, 5) is 12.2. The fourth-order valence-electron chi connectivity index (χ4n) is 2.84. The number of unbranched alkanes of at least 4 members (excludes halogenated alkanes) is 8. The summed E-state index contributed by atoms with van der Waals surface area (Å²) in [6.07, 6.45) is 7.54. The Labute approximate surface area is 158 Å². The normalized spacial score (nSPS) is 13.7. The highest BCUT2D eigenvalue weighted by molar-refractivity contribution is 7.87. The van der Waals surface area contributed by atoms with Crippen molar-refractivity contribution in [3.05, 3.63) is 0 Å². The number of aliphatic hydroxyl groups excluding tert-OH is 1. The zero-order chi connectivity index (χ0) is 20.1. The van der Waals surface area contributed by atoms with E-state index >= 15 is 0 Å². The van der Waals surface area contributed by atoms with Crippen LogP contribution in [0.5, 0.6) is 0 Å². The predicted octanol–water partition coefficient (Wildman–Crippen LogP) is 3.45. The Kier molecular flexibility index (Phi) is 13.3. The van der Waals surface area contributed by atoms with Crippen LogP contribution in [0.3, 0.4) is 0 Å². The molecule has 0 rings (SSSR count). The highest BCUT2D eigenvalue weighted by Gasteiger charge is 2.55. The molecular weight excluding hydrogens is 360 g/mol. The zero-order valence-electron chi connectivity index (χ0n) is 16.4. The Bertz CT molecular complexity index is 470. The molecule has 0 heterocycles. The van der Waals surface area contributed by atoms with Crippen LogP contribution in [-0.2, 0) is 24.4 Å². The maximum Gasteiger partial charge on any atom is 0.334 e. The molecule has 0 fully saturated rings. The minimum absolute atomic E-state index is 0.00835. The summed E-state index contributed by atoms with van der Waals surface area (Å²) in [6, 6.07) is 0. The minimum Gasteiger partial charge on any atom is -0.379 e. The average molecular weight is 397 g/mol. The molecule has 0 saturated carbocycles. The first kappa shape index (κ1) is 25.5. The Morgan fingerprint density at radius 1 is 0.885 bits per heavy atom. The van der Waals surface area contributed by atoms with Gasteiger partial charge in [-0.15, -0.1) is 0 Å². The van der Waals surface area contributed by atoms with E-state index in [1.54, 1.807) is 0 Å². The molecule has 156 valence electrons. The van der Waals surface area contributed by atoms with Crippen molar-refractivity contribution in [1.29, 1.82) is 0 Å². The lowest BCUT2D eigenvalue weighted by molar-refractivity contribution is -0.224. The zero-order valence-corrected chi connectivity index (χ0v) is 17.2. The van der Waals surface area contributed by atoms with Gasteiger partial charge in [0.15, 0.2) is 11.9 Å². The summed E-state index contributed by atoms with van der Waals surface area (Å²) in [5.41, 5.74) is 0. The van der Waals surface area contributed by atoms with Crippen LogP contribution in [0.2, 0.25) is 0 Å². The highest BCUT2D eigenvalue weighted by Crippen LogP contribution is 2.27. The van der Waals surface area contributed by atoms with Crippen LogP contribution in [0.1, 0.15) is 85.0 Å². The van der Waals surface area contributed by atoms with E-state index in [1.807, 2.05) is 0 Å². The molecule has 0 aromatic carbocycles. The molecule has 7 nitrogen and oxygen atoms in total. The first-order chi connectivity index (χ1) is 12.3. The summed E-state index contributed by atoms with van der Waals surface area (Å²) >= 11 is 0. The number of ether oxygens (including phenoxy) is 2. The van der Waals surface area contributed by atoms with Crippen molar-refractivity contribution in [2.24, 2.45) is 0 Å². The first-order valence-corrected chi connectivity index (χ1v) is 11.2. The molecule has 0 spiro atoms. The Balaban J connectivity index is 4.44. The average Bonchev–Trinajstić information content (AvgIpc) is 2.58. The number of Topliss-reactive ketones (excluding diaryl/α,β-unsaturated/α-hetero) is 1.